The number of thiol groups is 1. The van der Waals surface area contributed by atoms with Crippen molar-refractivity contribution in [2.75, 3.05) is 11.6 Å². The van der Waals surface area contributed by atoms with Crippen LogP contribution in [0.25, 0.3) is 22.6 Å². The molecule has 0 fully saturated rings. The molecule has 9 aromatic heterocycles. The van der Waals surface area contributed by atoms with Crippen LogP contribution in [0.1, 0.15) is 26.2 Å². The molecule has 0 amide bonds. The number of carbonyl (C=O) groups excluding carboxylic acids is 1. The van der Waals surface area contributed by atoms with Crippen molar-refractivity contribution in [3.63, 3.8) is 0 Å². The van der Waals surface area contributed by atoms with E-state index in [0.29, 0.717) is 12.1 Å². The first kappa shape index (κ1) is 60.1. The van der Waals surface area contributed by atoms with Crippen molar-refractivity contribution in [2.24, 2.45) is 4.30 Å². The van der Waals surface area contributed by atoms with Crippen molar-refractivity contribution in [2.45, 2.75) is 54.1 Å². The number of carbonyl (C=O) groups is 1. The van der Waals surface area contributed by atoms with Crippen molar-refractivity contribution in [3.05, 3.63) is 140 Å². The number of aromatic nitrogens is 14. The van der Waals surface area contributed by atoms with Crippen LogP contribution in [-0.2, 0) is 4.79 Å². The van der Waals surface area contributed by atoms with Gasteiger partial charge in [-0.1, -0.05) is 66.0 Å². The molecule has 9 heterocycles. The van der Waals surface area contributed by atoms with Crippen molar-refractivity contribution < 1.29 is 4.79 Å². The van der Waals surface area contributed by atoms with E-state index in [1.807, 2.05) is 42.4 Å². The van der Waals surface area contributed by atoms with E-state index < -0.39 is 16.1 Å². The smallest absolute Gasteiger partial charge is 0.155 e. The van der Waals surface area contributed by atoms with Gasteiger partial charge in [0.05, 0.1) is 55.5 Å². The summed E-state index contributed by atoms with van der Waals surface area (Å²) in [5, 5.41) is 0. The van der Waals surface area contributed by atoms with Crippen molar-refractivity contribution >= 4 is 98.8 Å². The van der Waals surface area contributed by atoms with Gasteiger partial charge in [0, 0.05) is 74.4 Å². The number of hydrogen-bond acceptors (Lipinski definition) is 14. The molecule has 9 aromatic rings. The Kier molecular flexibility index (Phi) is 29.4. The Morgan fingerprint density at radius 2 is 1.10 bits per heavy atom. The van der Waals surface area contributed by atoms with Gasteiger partial charge in [-0.05, 0) is 15.9 Å². The van der Waals surface area contributed by atoms with Crippen LogP contribution in [0.5, 0.6) is 0 Å². The molecule has 0 aliphatic carbocycles. The molecule has 0 aliphatic heterocycles. The zero-order valence-electron chi connectivity index (χ0n) is 36.5. The second-order valence-corrected chi connectivity index (χ2v) is 25.0. The Morgan fingerprint density at radius 3 is 1.52 bits per heavy atom. The van der Waals surface area contributed by atoms with Crippen LogP contribution in [0.4, 0.5) is 5.82 Å². The van der Waals surface area contributed by atoms with Gasteiger partial charge >= 0.3 is 24.8 Å². The third kappa shape index (κ3) is 23.8. The van der Waals surface area contributed by atoms with Crippen molar-refractivity contribution in [1.82, 2.24) is 67.4 Å². The molecule has 0 unspecified atom stereocenters. The summed E-state index contributed by atoms with van der Waals surface area (Å²) in [5.41, 5.74) is 16.3. The van der Waals surface area contributed by atoms with Crippen LogP contribution >= 0.6 is 40.3 Å². The van der Waals surface area contributed by atoms with Gasteiger partial charge in [-0.2, -0.15) is 0 Å². The first-order valence-electron chi connectivity index (χ1n) is 18.8. The first-order chi connectivity index (χ1) is 31.1. The van der Waals surface area contributed by atoms with Crippen LogP contribution in [0.3, 0.4) is 0 Å². The number of terminal acetylenes is 2. The maximum Gasteiger partial charge on any atom is 0.155 e. The Bertz CT molecular complexity index is 2920. The average Bonchev–Trinajstić information content (AvgIpc) is 4.13. The van der Waals surface area contributed by atoms with Gasteiger partial charge in [-0.15, -0.1) is 35.5 Å². The summed E-state index contributed by atoms with van der Waals surface area (Å²) in [5.74, 6) is 6.29. The average molecular weight is 1040 g/mol. The molecule has 0 bridgehead atoms. The topological polar surface area (TPSA) is 202 Å². The van der Waals surface area contributed by atoms with Gasteiger partial charge in [-0.3, -0.25) is 38.1 Å². The molecule has 67 heavy (non-hydrogen) atoms. The molecule has 17 nitrogen and oxygen atoms in total. The molecule has 23 heteroatoms. The van der Waals surface area contributed by atoms with E-state index >= 15 is 0 Å². The Balaban J connectivity index is 0.000000769. The van der Waals surface area contributed by atoms with E-state index in [1.54, 1.807) is 93.0 Å². The summed E-state index contributed by atoms with van der Waals surface area (Å²) in [4.78, 5) is 48.5. The van der Waals surface area contributed by atoms with Crippen LogP contribution in [0, 0.1) is 35.8 Å². The van der Waals surface area contributed by atoms with E-state index in [0.717, 1.165) is 38.6 Å². The third-order valence-electron chi connectivity index (χ3n) is 6.90. The number of fused-ring (bicyclic) bond motifs is 4. The van der Waals surface area contributed by atoms with E-state index in [2.05, 4.69) is 153 Å². The molecule has 2 N–H and O–H groups in total. The number of nitrogens with zero attached hydrogens (tertiary/aromatic N) is 15. The number of anilines is 1. The summed E-state index contributed by atoms with van der Waals surface area (Å²) < 4.78 is 11.2. The SMILES string of the molecule is Brc1cnc2cnccn12.C.C.C#C[Si](C)(C)C.C#Cc1cnc2cnccn12.C[Si](C)(C)C#Cc1cnc2cnccn12.Nc1cnccn1.O=CCCl.[B]=NS.c1cn2ccnc2cn1. The van der Waals surface area contributed by atoms with E-state index in [1.165, 1.54) is 6.20 Å². The molecule has 0 saturated carbocycles. The molecule has 0 spiro atoms. The minimum absolute atomic E-state index is 0. The predicted molar refractivity (Wildman–Crippen MR) is 284 cm³/mol. The molecule has 0 aromatic carbocycles. The molecule has 0 saturated heterocycles. The Hall–Kier alpha value is -6.87. The molecular formula is C44H54BBrClN16OSSi2. The van der Waals surface area contributed by atoms with Gasteiger partial charge in [0.2, 0.25) is 0 Å². The number of aldehydes is 1. The number of halogens is 2. The number of alkyl halides is 1. The third-order valence-corrected chi connectivity index (χ3v) is 9.36. The van der Waals surface area contributed by atoms with E-state index in [9.17, 15) is 0 Å². The monoisotopic (exact) mass is 1040 g/mol. The van der Waals surface area contributed by atoms with Gasteiger partial charge in [0.25, 0.3) is 0 Å². The standard InChI is InChI=1S/C11H13N3Si.C8H5N3.C6H4BrN3.C6H5N3.C5H10Si.C4H5N3.C2H3ClO.2CH4.BHNS/c1-15(2,3)7-4-10-8-13-11-9-12-5-6-14(10)11;1-2-7-5-10-8-6-9-3-4-11(7)8;7-5-3-9-6-4-8-1-2-10(5)6;1-3-9-4-2-8-6(9)5-7-1;1-5-6(2,3)4;5-4-3-6-1-2-7-4;3-1-2-4;;;1-2-3/h5-6,8-9H,1-3H3;1,3-6H;1-4H;1-5H;1H,2-4H3;1-3H,(H2,5,7);2H,1H2;2*1H4;3H. The largest absolute Gasteiger partial charge is 0.304 e. The summed E-state index contributed by atoms with van der Waals surface area (Å²) in [6.07, 6.45) is 45.5. The quantitative estimate of drug-likeness (QED) is 0.0524. The second kappa shape index (κ2) is 32.7. The maximum atomic E-state index is 9.04. The summed E-state index contributed by atoms with van der Waals surface area (Å²) in [6.45, 7) is 13.1. The fraction of sp³-hybridized carbons (Fsp3) is 0.205. The molecule has 0 aliphatic rings. The predicted octanol–water partition coefficient (Wildman–Crippen LogP) is 8.33. The number of rotatable bonds is 1. The fourth-order valence-corrected chi connectivity index (χ4v) is 4.93. The van der Waals surface area contributed by atoms with E-state index in [4.69, 9.17) is 35.0 Å². The van der Waals surface area contributed by atoms with Crippen LogP contribution < -0.4 is 5.73 Å². The molecule has 0 atom stereocenters. The Morgan fingerprint density at radius 1 is 0.672 bits per heavy atom. The molecular weight excluding hydrogens is 983 g/mol. The van der Waals surface area contributed by atoms with Gasteiger partial charge < -0.3 is 14.9 Å². The number of hydrogen-bond donors (Lipinski definition) is 2. The first-order valence-corrected chi connectivity index (χ1v) is 27.6. The minimum atomic E-state index is -1.32. The minimum Gasteiger partial charge on any atom is -0.304 e. The fourth-order valence-electron chi connectivity index (χ4n) is 4.03. The molecule has 1 radical (unpaired) electrons. The number of nitrogens with two attached hydrogens (primary N) is 1. The van der Waals surface area contributed by atoms with Gasteiger partial charge in [-0.25, -0.2) is 24.9 Å². The van der Waals surface area contributed by atoms with Crippen LogP contribution in [0.2, 0.25) is 39.3 Å². The van der Waals surface area contributed by atoms with Gasteiger partial charge in [0.15, 0.2) is 22.6 Å². The molecule has 347 valence electrons. The number of imidazole rings is 4. The van der Waals surface area contributed by atoms with Crippen LogP contribution in [0.15, 0.2) is 133 Å². The summed E-state index contributed by atoms with van der Waals surface area (Å²) >= 11 is 11.3. The second-order valence-electron chi connectivity index (χ2n) is 14.2. The number of nitrogen functional groups attached to an aromatic ring is 1. The van der Waals surface area contributed by atoms with Gasteiger partial charge in [0.1, 0.15) is 44.2 Å². The summed E-state index contributed by atoms with van der Waals surface area (Å²) in [6, 6.07) is 0. The van der Waals surface area contributed by atoms with E-state index in [-0.39, 0.29) is 20.7 Å². The van der Waals surface area contributed by atoms with Crippen LogP contribution in [-0.4, -0.2) is 103 Å². The van der Waals surface area contributed by atoms with Crippen molar-refractivity contribution in [1.29, 1.82) is 0 Å². The molecule has 9 rings (SSSR count). The zero-order chi connectivity index (χ0) is 48.1. The normalized spacial score (nSPS) is 9.40. The Labute approximate surface area is 414 Å². The zero-order valence-corrected chi connectivity index (χ0v) is 41.7. The maximum absolute atomic E-state index is 9.04. The summed E-state index contributed by atoms with van der Waals surface area (Å²) in [7, 11) is 1.91. The van der Waals surface area contributed by atoms with Crippen molar-refractivity contribution in [3.8, 4) is 35.8 Å².